The first-order valence-electron chi connectivity index (χ1n) is 6.58. The van der Waals surface area contributed by atoms with Crippen molar-refractivity contribution in [2.75, 3.05) is 18.8 Å². The van der Waals surface area contributed by atoms with Crippen molar-refractivity contribution in [2.45, 2.75) is 11.8 Å². The van der Waals surface area contributed by atoms with Gasteiger partial charge in [0.25, 0.3) is 5.24 Å². The van der Waals surface area contributed by atoms with Crippen molar-refractivity contribution in [1.29, 1.82) is 0 Å². The van der Waals surface area contributed by atoms with E-state index in [9.17, 15) is 18.0 Å². The number of sulfonamides is 1. The normalized spacial score (nSPS) is 20.5. The number of halogens is 1. The van der Waals surface area contributed by atoms with Gasteiger partial charge in [-0.3, -0.25) is 14.5 Å². The van der Waals surface area contributed by atoms with E-state index in [-0.39, 0.29) is 41.8 Å². The highest BCUT2D eigenvalue weighted by Crippen LogP contribution is 2.28. The molecule has 0 atom stereocenters. The van der Waals surface area contributed by atoms with E-state index in [4.69, 9.17) is 11.6 Å². The van der Waals surface area contributed by atoms with Crippen molar-refractivity contribution >= 4 is 44.5 Å². The third kappa shape index (κ3) is 3.01. The van der Waals surface area contributed by atoms with Crippen LogP contribution in [0.1, 0.15) is 5.56 Å². The first kappa shape index (κ1) is 15.8. The Balaban J connectivity index is 1.62. The van der Waals surface area contributed by atoms with Crippen molar-refractivity contribution in [3.05, 3.63) is 34.9 Å². The van der Waals surface area contributed by atoms with Gasteiger partial charge in [-0.2, -0.15) is 4.31 Å². The van der Waals surface area contributed by atoms with Gasteiger partial charge in [-0.05, 0) is 17.7 Å². The highest BCUT2D eigenvalue weighted by atomic mass is 35.5. The van der Waals surface area contributed by atoms with Crippen LogP contribution >= 0.6 is 23.4 Å². The second kappa shape index (κ2) is 5.84. The van der Waals surface area contributed by atoms with Gasteiger partial charge in [-0.1, -0.05) is 35.5 Å². The summed E-state index contributed by atoms with van der Waals surface area (Å²) in [5.74, 6) is -0.213. The fourth-order valence-corrected chi connectivity index (χ4v) is 4.90. The molecule has 0 radical (unpaired) electrons. The predicted molar refractivity (Wildman–Crippen MR) is 84.1 cm³/mol. The average Bonchev–Trinajstić information content (AvgIpc) is 2.71. The fourth-order valence-electron chi connectivity index (χ4n) is 2.41. The molecule has 0 aliphatic carbocycles. The summed E-state index contributed by atoms with van der Waals surface area (Å²) in [7, 11) is -3.45. The number of carbonyl (C=O) groups is 2. The summed E-state index contributed by atoms with van der Waals surface area (Å²) in [4.78, 5) is 24.4. The molecule has 1 aromatic carbocycles. The summed E-state index contributed by atoms with van der Waals surface area (Å²) in [6.45, 7) is 0.349. The zero-order valence-corrected chi connectivity index (χ0v) is 13.8. The average molecular weight is 361 g/mol. The molecule has 0 unspecified atom stereocenters. The standard InChI is InChI=1S/C13H13ClN2O4S2/c14-10-3-1-9(2-4-10)8-22(19,20)15-5-11(6-15)16-12(17)7-21-13(16)18/h1-4,11H,5-8H2. The third-order valence-electron chi connectivity index (χ3n) is 3.63. The van der Waals surface area contributed by atoms with Gasteiger partial charge in [0.15, 0.2) is 0 Å². The molecule has 0 saturated carbocycles. The Morgan fingerprint density at radius 1 is 1.18 bits per heavy atom. The van der Waals surface area contributed by atoms with Crippen LogP contribution < -0.4 is 0 Å². The van der Waals surface area contributed by atoms with Gasteiger partial charge >= 0.3 is 0 Å². The van der Waals surface area contributed by atoms with Gasteiger partial charge in [0.05, 0.1) is 17.5 Å². The molecule has 2 aliphatic rings. The number of hydrogen-bond acceptors (Lipinski definition) is 5. The number of amides is 2. The van der Waals surface area contributed by atoms with Crippen LogP contribution in [0.5, 0.6) is 0 Å². The van der Waals surface area contributed by atoms with Gasteiger partial charge in [0.1, 0.15) is 0 Å². The van der Waals surface area contributed by atoms with Crippen molar-refractivity contribution in [3.63, 3.8) is 0 Å². The highest BCUT2D eigenvalue weighted by Gasteiger charge is 2.45. The Hall–Kier alpha value is -1.09. The number of nitrogens with zero attached hydrogens (tertiary/aromatic N) is 2. The number of hydrogen-bond donors (Lipinski definition) is 0. The lowest BCUT2D eigenvalue weighted by Crippen LogP contribution is -2.62. The Labute approximate surface area is 137 Å². The summed E-state index contributed by atoms with van der Waals surface area (Å²) >= 11 is 6.73. The smallest absolute Gasteiger partial charge is 0.273 e. The summed E-state index contributed by atoms with van der Waals surface area (Å²) in [6.07, 6.45) is 0. The molecule has 0 bridgehead atoms. The molecule has 0 N–H and O–H groups in total. The molecular weight excluding hydrogens is 348 g/mol. The second-order valence-electron chi connectivity index (χ2n) is 5.17. The maximum Gasteiger partial charge on any atom is 0.289 e. The zero-order valence-electron chi connectivity index (χ0n) is 11.4. The van der Waals surface area contributed by atoms with E-state index in [0.717, 1.165) is 11.8 Å². The van der Waals surface area contributed by atoms with E-state index in [1.807, 2.05) is 0 Å². The lowest BCUT2D eigenvalue weighted by molar-refractivity contribution is -0.127. The lowest BCUT2D eigenvalue weighted by atomic mass is 10.1. The summed E-state index contributed by atoms with van der Waals surface area (Å²) in [6, 6.07) is 6.28. The third-order valence-corrected chi connectivity index (χ3v) is 6.50. The van der Waals surface area contributed by atoms with Crippen LogP contribution in [0.25, 0.3) is 0 Å². The van der Waals surface area contributed by atoms with Crippen LogP contribution in [-0.2, 0) is 20.6 Å². The Morgan fingerprint density at radius 3 is 2.36 bits per heavy atom. The van der Waals surface area contributed by atoms with Crippen molar-refractivity contribution < 1.29 is 18.0 Å². The molecule has 0 aromatic heterocycles. The van der Waals surface area contributed by atoms with Gasteiger partial charge in [-0.15, -0.1) is 0 Å². The Morgan fingerprint density at radius 2 is 1.82 bits per heavy atom. The minimum Gasteiger partial charge on any atom is -0.273 e. The van der Waals surface area contributed by atoms with E-state index in [2.05, 4.69) is 0 Å². The minimum absolute atomic E-state index is 0.118. The molecule has 0 spiro atoms. The molecule has 2 amide bonds. The fraction of sp³-hybridized carbons (Fsp3) is 0.385. The predicted octanol–water partition coefficient (Wildman–Crippen LogP) is 1.55. The number of carbonyl (C=O) groups excluding carboxylic acids is 2. The molecule has 1 aromatic rings. The second-order valence-corrected chi connectivity index (χ2v) is 8.50. The molecule has 6 nitrogen and oxygen atoms in total. The van der Waals surface area contributed by atoms with Gasteiger partial charge in [0.2, 0.25) is 15.9 Å². The van der Waals surface area contributed by atoms with Crippen LogP contribution in [0.4, 0.5) is 4.79 Å². The van der Waals surface area contributed by atoms with E-state index >= 15 is 0 Å². The number of benzene rings is 1. The van der Waals surface area contributed by atoms with E-state index in [1.54, 1.807) is 24.3 Å². The maximum atomic E-state index is 12.3. The monoisotopic (exact) mass is 360 g/mol. The van der Waals surface area contributed by atoms with E-state index in [1.165, 1.54) is 9.21 Å². The lowest BCUT2D eigenvalue weighted by Gasteiger charge is -2.41. The van der Waals surface area contributed by atoms with E-state index in [0.29, 0.717) is 10.6 Å². The van der Waals surface area contributed by atoms with Gasteiger partial charge < -0.3 is 0 Å². The van der Waals surface area contributed by atoms with Crippen molar-refractivity contribution in [3.8, 4) is 0 Å². The summed E-state index contributed by atoms with van der Waals surface area (Å²) in [5, 5.41) is 0.262. The van der Waals surface area contributed by atoms with Crippen LogP contribution in [0, 0.1) is 0 Å². The molecule has 2 aliphatic heterocycles. The summed E-state index contributed by atoms with van der Waals surface area (Å²) in [5.41, 5.74) is 0.650. The molecular formula is C13H13ClN2O4S2. The quantitative estimate of drug-likeness (QED) is 0.814. The molecule has 3 rings (SSSR count). The molecule has 2 fully saturated rings. The summed E-state index contributed by atoms with van der Waals surface area (Å²) < 4.78 is 25.9. The van der Waals surface area contributed by atoms with Crippen LogP contribution in [0.3, 0.4) is 0 Å². The molecule has 2 saturated heterocycles. The largest absolute Gasteiger partial charge is 0.289 e. The molecule has 22 heavy (non-hydrogen) atoms. The first-order valence-corrected chi connectivity index (χ1v) is 9.55. The van der Waals surface area contributed by atoms with Crippen molar-refractivity contribution in [1.82, 2.24) is 9.21 Å². The SMILES string of the molecule is O=C1CSC(=O)N1C1CN(S(=O)(=O)Cc2ccc(Cl)cc2)C1. The minimum atomic E-state index is -3.45. The number of thioether (sulfide) groups is 1. The Kier molecular flexibility index (Phi) is 4.19. The van der Waals surface area contributed by atoms with Gasteiger partial charge in [0, 0.05) is 18.1 Å². The first-order chi connectivity index (χ1) is 10.4. The number of imide groups is 1. The zero-order chi connectivity index (χ0) is 15.9. The van der Waals surface area contributed by atoms with Crippen molar-refractivity contribution in [2.24, 2.45) is 0 Å². The maximum absolute atomic E-state index is 12.3. The van der Waals surface area contributed by atoms with E-state index < -0.39 is 10.0 Å². The molecule has 2 heterocycles. The highest BCUT2D eigenvalue weighted by molar-refractivity contribution is 8.14. The van der Waals surface area contributed by atoms with Crippen LogP contribution in [0.2, 0.25) is 5.02 Å². The Bertz CT molecular complexity index is 698. The van der Waals surface area contributed by atoms with Gasteiger partial charge in [-0.25, -0.2) is 8.42 Å². The molecule has 118 valence electrons. The molecule has 9 heteroatoms. The number of rotatable bonds is 4. The van der Waals surface area contributed by atoms with Crippen LogP contribution in [0.15, 0.2) is 24.3 Å². The topological polar surface area (TPSA) is 74.8 Å². The van der Waals surface area contributed by atoms with Crippen LogP contribution in [-0.4, -0.2) is 53.7 Å².